The van der Waals surface area contributed by atoms with Crippen LogP contribution in [0.4, 0.5) is 0 Å². The van der Waals surface area contributed by atoms with Gasteiger partial charge in [-0.15, -0.1) is 0 Å². The number of rotatable bonds is 6. The van der Waals surface area contributed by atoms with E-state index in [0.29, 0.717) is 6.42 Å². The van der Waals surface area contributed by atoms with Crippen molar-refractivity contribution >= 4 is 0 Å². The van der Waals surface area contributed by atoms with Gasteiger partial charge in [0.1, 0.15) is 5.76 Å². The molecule has 0 aliphatic heterocycles. The summed E-state index contributed by atoms with van der Waals surface area (Å²) in [7, 11) is 0. The third-order valence-electron chi connectivity index (χ3n) is 2.51. The Balaban J connectivity index is 2.58. The van der Waals surface area contributed by atoms with E-state index >= 15 is 0 Å². The summed E-state index contributed by atoms with van der Waals surface area (Å²) in [5, 5.41) is 10.3. The SMILES string of the molecule is CCCC(O)(CCC)Cc1ccco1. The molecule has 14 heavy (non-hydrogen) atoms. The van der Waals surface area contributed by atoms with Gasteiger partial charge < -0.3 is 9.52 Å². The van der Waals surface area contributed by atoms with E-state index in [1.807, 2.05) is 12.1 Å². The van der Waals surface area contributed by atoms with Gasteiger partial charge in [0.15, 0.2) is 0 Å². The van der Waals surface area contributed by atoms with E-state index in [-0.39, 0.29) is 0 Å². The molecule has 1 rings (SSSR count). The minimum atomic E-state index is -0.568. The summed E-state index contributed by atoms with van der Waals surface area (Å²) >= 11 is 0. The molecule has 0 spiro atoms. The Morgan fingerprint density at radius 2 is 1.93 bits per heavy atom. The first kappa shape index (κ1) is 11.3. The molecule has 1 aromatic heterocycles. The standard InChI is InChI=1S/C12H20O2/c1-3-7-12(13,8-4-2)10-11-6-5-9-14-11/h5-6,9,13H,3-4,7-8,10H2,1-2H3. The second kappa shape index (κ2) is 5.20. The van der Waals surface area contributed by atoms with Crippen LogP contribution in [0.2, 0.25) is 0 Å². The van der Waals surface area contributed by atoms with Crippen molar-refractivity contribution in [1.82, 2.24) is 0 Å². The van der Waals surface area contributed by atoms with Crippen LogP contribution in [0.25, 0.3) is 0 Å². The van der Waals surface area contributed by atoms with Crippen LogP contribution < -0.4 is 0 Å². The highest BCUT2D eigenvalue weighted by atomic mass is 16.3. The zero-order valence-corrected chi connectivity index (χ0v) is 9.12. The summed E-state index contributed by atoms with van der Waals surface area (Å²) in [5.74, 6) is 0.884. The van der Waals surface area contributed by atoms with Gasteiger partial charge in [0, 0.05) is 6.42 Å². The van der Waals surface area contributed by atoms with Crippen LogP contribution >= 0.6 is 0 Å². The van der Waals surface area contributed by atoms with Crippen LogP contribution in [-0.2, 0) is 6.42 Å². The van der Waals surface area contributed by atoms with Gasteiger partial charge in [-0.2, -0.15) is 0 Å². The second-order valence-electron chi connectivity index (χ2n) is 3.98. The zero-order valence-electron chi connectivity index (χ0n) is 9.12. The van der Waals surface area contributed by atoms with Crippen LogP contribution in [0.3, 0.4) is 0 Å². The van der Waals surface area contributed by atoms with Crippen molar-refractivity contribution in [3.63, 3.8) is 0 Å². The molecule has 0 saturated carbocycles. The lowest BCUT2D eigenvalue weighted by molar-refractivity contribution is 0.0171. The maximum absolute atomic E-state index is 10.3. The van der Waals surface area contributed by atoms with E-state index in [2.05, 4.69) is 13.8 Å². The van der Waals surface area contributed by atoms with Crippen molar-refractivity contribution in [3.8, 4) is 0 Å². The Kier molecular flexibility index (Phi) is 4.21. The van der Waals surface area contributed by atoms with Crippen LogP contribution in [0, 0.1) is 0 Å². The van der Waals surface area contributed by atoms with Crippen molar-refractivity contribution in [3.05, 3.63) is 24.2 Å². The molecule has 1 N–H and O–H groups in total. The minimum absolute atomic E-state index is 0.568. The molecule has 0 radical (unpaired) electrons. The first-order valence-electron chi connectivity index (χ1n) is 5.45. The van der Waals surface area contributed by atoms with E-state index in [1.165, 1.54) is 0 Å². The lowest BCUT2D eigenvalue weighted by atomic mass is 9.88. The predicted octanol–water partition coefficient (Wildman–Crippen LogP) is 3.15. The molecular weight excluding hydrogens is 176 g/mol. The monoisotopic (exact) mass is 196 g/mol. The Morgan fingerprint density at radius 3 is 2.36 bits per heavy atom. The summed E-state index contributed by atoms with van der Waals surface area (Å²) < 4.78 is 5.26. The Labute approximate surface area is 85.9 Å². The van der Waals surface area contributed by atoms with E-state index < -0.39 is 5.60 Å². The van der Waals surface area contributed by atoms with Crippen LogP contribution in [-0.4, -0.2) is 10.7 Å². The van der Waals surface area contributed by atoms with Gasteiger partial charge >= 0.3 is 0 Å². The molecule has 0 aliphatic rings. The van der Waals surface area contributed by atoms with Crippen molar-refractivity contribution < 1.29 is 9.52 Å². The summed E-state index contributed by atoms with van der Waals surface area (Å²) in [4.78, 5) is 0. The van der Waals surface area contributed by atoms with Gasteiger partial charge in [0.2, 0.25) is 0 Å². The molecule has 0 aromatic carbocycles. The average Bonchev–Trinajstić information content (AvgIpc) is 2.57. The summed E-state index contributed by atoms with van der Waals surface area (Å²) in [5.41, 5.74) is -0.568. The van der Waals surface area contributed by atoms with Gasteiger partial charge in [-0.05, 0) is 25.0 Å². The van der Waals surface area contributed by atoms with E-state index in [4.69, 9.17) is 4.42 Å². The van der Waals surface area contributed by atoms with Crippen molar-refractivity contribution in [2.75, 3.05) is 0 Å². The van der Waals surface area contributed by atoms with Crippen LogP contribution in [0.15, 0.2) is 22.8 Å². The quantitative estimate of drug-likeness (QED) is 0.758. The fourth-order valence-electron chi connectivity index (χ4n) is 1.97. The molecule has 1 aromatic rings. The first-order chi connectivity index (χ1) is 6.70. The molecule has 0 unspecified atom stereocenters. The van der Waals surface area contributed by atoms with Gasteiger partial charge in [-0.25, -0.2) is 0 Å². The minimum Gasteiger partial charge on any atom is -0.469 e. The molecule has 0 atom stereocenters. The molecule has 0 amide bonds. The zero-order chi connectivity index (χ0) is 10.4. The normalized spacial score (nSPS) is 11.9. The molecule has 0 bridgehead atoms. The number of furan rings is 1. The molecule has 2 nitrogen and oxygen atoms in total. The van der Waals surface area contributed by atoms with Gasteiger partial charge in [-0.3, -0.25) is 0 Å². The molecule has 2 heteroatoms. The van der Waals surface area contributed by atoms with Gasteiger partial charge in [0.05, 0.1) is 11.9 Å². The highest BCUT2D eigenvalue weighted by Crippen LogP contribution is 2.24. The second-order valence-corrected chi connectivity index (χ2v) is 3.98. The van der Waals surface area contributed by atoms with Crippen molar-refractivity contribution in [1.29, 1.82) is 0 Å². The summed E-state index contributed by atoms with van der Waals surface area (Å²) in [6.07, 6.45) is 6.02. The Bertz CT molecular complexity index is 233. The lowest BCUT2D eigenvalue weighted by Gasteiger charge is -2.26. The number of hydrogen-bond acceptors (Lipinski definition) is 2. The van der Waals surface area contributed by atoms with Crippen LogP contribution in [0.1, 0.15) is 45.3 Å². The fraction of sp³-hybridized carbons (Fsp3) is 0.667. The van der Waals surface area contributed by atoms with Crippen molar-refractivity contribution in [2.24, 2.45) is 0 Å². The lowest BCUT2D eigenvalue weighted by Crippen LogP contribution is -2.30. The smallest absolute Gasteiger partial charge is 0.106 e. The third kappa shape index (κ3) is 3.18. The van der Waals surface area contributed by atoms with E-state index in [0.717, 1.165) is 31.4 Å². The highest BCUT2D eigenvalue weighted by molar-refractivity contribution is 5.02. The highest BCUT2D eigenvalue weighted by Gasteiger charge is 2.26. The van der Waals surface area contributed by atoms with Gasteiger partial charge in [0.25, 0.3) is 0 Å². The number of hydrogen-bond donors (Lipinski definition) is 1. The van der Waals surface area contributed by atoms with E-state index in [9.17, 15) is 5.11 Å². The topological polar surface area (TPSA) is 33.4 Å². The molecule has 0 aliphatic carbocycles. The predicted molar refractivity (Wildman–Crippen MR) is 57.2 cm³/mol. The molecule has 1 heterocycles. The first-order valence-corrected chi connectivity index (χ1v) is 5.45. The summed E-state index contributed by atoms with van der Waals surface area (Å²) in [6.45, 7) is 4.20. The Morgan fingerprint density at radius 1 is 1.29 bits per heavy atom. The third-order valence-corrected chi connectivity index (χ3v) is 2.51. The fourth-order valence-corrected chi connectivity index (χ4v) is 1.97. The molecule has 80 valence electrons. The molecule has 0 saturated heterocycles. The molecule has 0 fully saturated rings. The number of aliphatic hydroxyl groups is 1. The maximum atomic E-state index is 10.3. The largest absolute Gasteiger partial charge is 0.469 e. The molecular formula is C12H20O2. The average molecular weight is 196 g/mol. The van der Waals surface area contributed by atoms with Crippen molar-refractivity contribution in [2.45, 2.75) is 51.6 Å². The Hall–Kier alpha value is -0.760. The van der Waals surface area contributed by atoms with E-state index in [1.54, 1.807) is 6.26 Å². The van der Waals surface area contributed by atoms with Crippen LogP contribution in [0.5, 0.6) is 0 Å². The van der Waals surface area contributed by atoms with Gasteiger partial charge in [-0.1, -0.05) is 26.7 Å². The maximum Gasteiger partial charge on any atom is 0.106 e. The summed E-state index contributed by atoms with van der Waals surface area (Å²) in [6, 6.07) is 3.80.